The quantitative estimate of drug-likeness (QED) is 0.123. The Bertz CT molecular complexity index is 2100. The molecule has 0 bridgehead atoms. The van der Waals surface area contributed by atoms with Crippen LogP contribution in [0.2, 0.25) is 0 Å². The molecule has 55 heavy (non-hydrogen) atoms. The number of hydrogen-bond donors (Lipinski definition) is 0. The Hall–Kier alpha value is -5.13. The molecule has 0 fully saturated rings. The van der Waals surface area contributed by atoms with Crippen LogP contribution >= 0.6 is 0 Å². The van der Waals surface area contributed by atoms with Gasteiger partial charge < -0.3 is 42.6 Å². The molecule has 0 radical (unpaired) electrons. The van der Waals surface area contributed by atoms with E-state index in [9.17, 15) is 4.79 Å². The lowest BCUT2D eigenvalue weighted by Gasteiger charge is -2.15. The molecule has 288 valence electrons. The molecule has 0 aliphatic carbocycles. The van der Waals surface area contributed by atoms with Gasteiger partial charge >= 0.3 is 5.97 Å². The first kappa shape index (κ1) is 38.2. The predicted octanol–water partition coefficient (Wildman–Crippen LogP) is 7.95. The van der Waals surface area contributed by atoms with Crippen LogP contribution in [-0.4, -0.2) is 85.3 Å². The minimum Gasteiger partial charge on any atom is -0.487 e. The summed E-state index contributed by atoms with van der Waals surface area (Å²) >= 11 is 0. The minimum absolute atomic E-state index is 0.130. The zero-order valence-corrected chi connectivity index (χ0v) is 31.1. The maximum Gasteiger partial charge on any atom is 0.306 e. The summed E-state index contributed by atoms with van der Waals surface area (Å²) in [5, 5.41) is 7.58. The molecule has 10 nitrogen and oxygen atoms in total. The van der Waals surface area contributed by atoms with Crippen LogP contribution in [-0.2, 0) is 41.5 Å². The van der Waals surface area contributed by atoms with Crippen LogP contribution in [0.15, 0.2) is 97.1 Å². The lowest BCUT2D eigenvalue weighted by Crippen LogP contribution is -2.15. The van der Waals surface area contributed by atoms with E-state index in [1.165, 1.54) is 37.9 Å². The SMILES string of the molecule is O=C(CCCc1ccc2ccc3cccc4ccc1c2c34)OCc1ccc2c(c1)OCCOCCOCCOc1ccccc1OCCOCCOCCO2. The van der Waals surface area contributed by atoms with Crippen molar-refractivity contribution in [1.29, 1.82) is 0 Å². The first-order valence-electron chi connectivity index (χ1n) is 19.1. The normalized spacial score (nSPS) is 15.8. The number of hydrogen-bond acceptors (Lipinski definition) is 10. The Morgan fingerprint density at radius 2 is 1.00 bits per heavy atom. The van der Waals surface area contributed by atoms with E-state index in [1.54, 1.807) is 0 Å². The maximum absolute atomic E-state index is 12.9. The zero-order chi connectivity index (χ0) is 37.5. The predicted molar refractivity (Wildman–Crippen MR) is 211 cm³/mol. The molecule has 0 atom stereocenters. The van der Waals surface area contributed by atoms with Crippen molar-refractivity contribution >= 4 is 38.3 Å². The van der Waals surface area contributed by atoms with E-state index in [-0.39, 0.29) is 12.6 Å². The van der Waals surface area contributed by atoms with Gasteiger partial charge in [-0.2, -0.15) is 0 Å². The van der Waals surface area contributed by atoms with Crippen molar-refractivity contribution in [1.82, 2.24) is 0 Å². The van der Waals surface area contributed by atoms with Gasteiger partial charge in [-0.3, -0.25) is 4.79 Å². The highest BCUT2D eigenvalue weighted by Gasteiger charge is 2.13. The minimum atomic E-state index is -0.238. The molecule has 0 unspecified atom stereocenters. The van der Waals surface area contributed by atoms with Gasteiger partial charge in [0.05, 0.1) is 52.9 Å². The van der Waals surface area contributed by atoms with Gasteiger partial charge in [0.1, 0.15) is 33.0 Å². The van der Waals surface area contributed by atoms with Gasteiger partial charge in [-0.25, -0.2) is 0 Å². The number of rotatable bonds is 6. The highest BCUT2D eigenvalue weighted by Crippen LogP contribution is 2.36. The molecule has 6 aromatic carbocycles. The van der Waals surface area contributed by atoms with Crippen LogP contribution in [0.1, 0.15) is 24.0 Å². The van der Waals surface area contributed by atoms with Crippen LogP contribution in [0, 0.1) is 0 Å². The maximum atomic E-state index is 12.9. The molecule has 0 spiro atoms. The first-order valence-corrected chi connectivity index (χ1v) is 19.1. The fourth-order valence-electron chi connectivity index (χ4n) is 6.72. The lowest BCUT2D eigenvalue weighted by atomic mass is 9.90. The molecule has 1 aliphatic rings. The second-order valence-electron chi connectivity index (χ2n) is 13.2. The van der Waals surface area contributed by atoms with Crippen LogP contribution < -0.4 is 18.9 Å². The number of carbonyl (C=O) groups excluding carboxylic acids is 1. The van der Waals surface area contributed by atoms with E-state index in [0.29, 0.717) is 115 Å². The lowest BCUT2D eigenvalue weighted by molar-refractivity contribution is -0.145. The average Bonchev–Trinajstić information content (AvgIpc) is 3.21. The summed E-state index contributed by atoms with van der Waals surface area (Å²) < 4.78 is 52.2. The summed E-state index contributed by atoms with van der Waals surface area (Å²) in [6, 6.07) is 32.7. The molecule has 1 aliphatic heterocycles. The average molecular weight is 749 g/mol. The van der Waals surface area contributed by atoms with Crippen LogP contribution in [0.5, 0.6) is 23.0 Å². The number of carbonyl (C=O) groups is 1. The van der Waals surface area contributed by atoms with Gasteiger partial charge in [-0.05, 0) is 80.6 Å². The Morgan fingerprint density at radius 1 is 0.491 bits per heavy atom. The van der Waals surface area contributed by atoms with Crippen molar-refractivity contribution in [3.8, 4) is 23.0 Å². The third kappa shape index (κ3) is 10.6. The topological polar surface area (TPSA) is 100 Å². The second-order valence-corrected chi connectivity index (χ2v) is 13.2. The standard InChI is InChI=1S/C45H48O10/c46-43(10-4-5-34-12-13-37-15-14-35-6-3-7-36-16-17-38(34)45(37)44(35)36)55-32-33-11-18-41-42(31-33)54-30-26-50-22-21-48-24-28-52-40-9-2-1-8-39(40)51-27-23-47-19-20-49-25-29-53-41/h1-3,6-9,11-18,31H,4-5,10,19-30,32H2. The van der Waals surface area contributed by atoms with Crippen LogP contribution in [0.25, 0.3) is 32.3 Å². The van der Waals surface area contributed by atoms with E-state index < -0.39 is 0 Å². The van der Waals surface area contributed by atoms with E-state index in [0.717, 1.165) is 12.0 Å². The third-order valence-corrected chi connectivity index (χ3v) is 9.39. The fraction of sp³-hybridized carbons (Fsp3) is 0.356. The van der Waals surface area contributed by atoms with E-state index in [2.05, 4.69) is 54.6 Å². The van der Waals surface area contributed by atoms with Gasteiger partial charge in [0.2, 0.25) is 0 Å². The number of esters is 1. The van der Waals surface area contributed by atoms with E-state index in [4.69, 9.17) is 42.6 Å². The van der Waals surface area contributed by atoms with E-state index in [1.807, 2.05) is 42.5 Å². The summed E-state index contributed by atoms with van der Waals surface area (Å²) in [5.41, 5.74) is 2.04. The number of para-hydroxylation sites is 2. The molecular formula is C45H48O10. The van der Waals surface area contributed by atoms with Crippen molar-refractivity contribution in [2.24, 2.45) is 0 Å². The van der Waals surface area contributed by atoms with Gasteiger partial charge in [-0.15, -0.1) is 0 Å². The summed E-state index contributed by atoms with van der Waals surface area (Å²) in [6.45, 7) is 4.79. The molecule has 0 saturated carbocycles. The van der Waals surface area contributed by atoms with Crippen molar-refractivity contribution in [3.63, 3.8) is 0 Å². The summed E-state index contributed by atoms with van der Waals surface area (Å²) in [6.07, 6.45) is 1.81. The van der Waals surface area contributed by atoms with Crippen LogP contribution in [0.3, 0.4) is 0 Å². The molecule has 0 N–H and O–H groups in total. The third-order valence-electron chi connectivity index (χ3n) is 9.39. The fourth-order valence-corrected chi connectivity index (χ4v) is 6.72. The first-order chi connectivity index (χ1) is 27.2. The molecular weight excluding hydrogens is 700 g/mol. The van der Waals surface area contributed by atoms with Gasteiger partial charge in [0, 0.05) is 6.42 Å². The Labute approximate surface area is 321 Å². The zero-order valence-electron chi connectivity index (χ0n) is 31.1. The van der Waals surface area contributed by atoms with Gasteiger partial charge in [-0.1, -0.05) is 72.8 Å². The molecule has 0 aromatic heterocycles. The van der Waals surface area contributed by atoms with Gasteiger partial charge in [0.15, 0.2) is 23.0 Å². The Morgan fingerprint density at radius 3 is 1.62 bits per heavy atom. The van der Waals surface area contributed by atoms with Crippen LogP contribution in [0.4, 0.5) is 0 Å². The van der Waals surface area contributed by atoms with E-state index >= 15 is 0 Å². The smallest absolute Gasteiger partial charge is 0.306 e. The monoisotopic (exact) mass is 748 g/mol. The largest absolute Gasteiger partial charge is 0.487 e. The van der Waals surface area contributed by atoms with Gasteiger partial charge in [0.25, 0.3) is 0 Å². The van der Waals surface area contributed by atoms with Crippen molar-refractivity contribution in [3.05, 3.63) is 108 Å². The molecule has 7 rings (SSSR count). The molecule has 10 heteroatoms. The molecule has 0 saturated heterocycles. The molecule has 6 aromatic rings. The number of aryl methyl sites for hydroxylation is 1. The number of benzene rings is 6. The number of fused-ring (bicyclic) bond motifs is 2. The highest BCUT2D eigenvalue weighted by atomic mass is 16.6. The highest BCUT2D eigenvalue weighted by molar-refractivity contribution is 6.23. The summed E-state index contributed by atoms with van der Waals surface area (Å²) in [4.78, 5) is 12.9. The van der Waals surface area contributed by atoms with Crippen molar-refractivity contribution in [2.75, 3.05) is 79.3 Å². The summed E-state index contributed by atoms with van der Waals surface area (Å²) in [5.74, 6) is 2.19. The van der Waals surface area contributed by atoms with Crippen molar-refractivity contribution in [2.45, 2.75) is 25.9 Å². The molecule has 1 heterocycles. The summed E-state index contributed by atoms with van der Waals surface area (Å²) in [7, 11) is 0. The second kappa shape index (κ2) is 20.0. The Balaban J connectivity index is 0.888. The van der Waals surface area contributed by atoms with Crippen molar-refractivity contribution < 1.29 is 47.4 Å². The Kier molecular flexibility index (Phi) is 13.9. The number of ether oxygens (including phenoxy) is 9. The molecule has 0 amide bonds.